The van der Waals surface area contributed by atoms with Crippen LogP contribution in [-0.2, 0) is 0 Å². The van der Waals surface area contributed by atoms with Crippen LogP contribution in [0.25, 0.3) is 0 Å². The van der Waals surface area contributed by atoms with Gasteiger partial charge in [0, 0.05) is 12.1 Å². The van der Waals surface area contributed by atoms with Crippen molar-refractivity contribution < 1.29 is 4.92 Å². The molecule has 0 saturated carbocycles. The summed E-state index contributed by atoms with van der Waals surface area (Å²) in [6, 6.07) is 17.1. The summed E-state index contributed by atoms with van der Waals surface area (Å²) in [7, 11) is 0. The van der Waals surface area contributed by atoms with E-state index < -0.39 is 4.92 Å². The minimum absolute atomic E-state index is 0.0745. The Kier molecular flexibility index (Phi) is 4.43. The molecule has 3 aromatic rings. The van der Waals surface area contributed by atoms with Gasteiger partial charge in [0.15, 0.2) is 0 Å². The average molecular weight is 323 g/mol. The fourth-order valence-corrected chi connectivity index (χ4v) is 2.04. The van der Waals surface area contributed by atoms with Crippen LogP contribution in [-0.4, -0.2) is 15.1 Å². The summed E-state index contributed by atoms with van der Waals surface area (Å²) < 4.78 is 0. The van der Waals surface area contributed by atoms with Crippen LogP contribution in [0.4, 0.5) is 22.9 Å². The fourth-order valence-electron chi connectivity index (χ4n) is 2.04. The Morgan fingerprint density at radius 2 is 1.83 bits per heavy atom. The number of rotatable bonds is 6. The van der Waals surface area contributed by atoms with Crippen molar-refractivity contribution >= 4 is 22.9 Å². The van der Waals surface area contributed by atoms with Gasteiger partial charge >= 0.3 is 0 Å². The largest absolute Gasteiger partial charge is 0.294 e. The van der Waals surface area contributed by atoms with E-state index in [2.05, 4.69) is 26.1 Å². The Morgan fingerprint density at radius 1 is 1.08 bits per heavy atom. The van der Waals surface area contributed by atoms with Gasteiger partial charge in [-0.2, -0.15) is 10.6 Å². The normalized spacial score (nSPS) is 10.7. The first-order valence-electron chi connectivity index (χ1n) is 7.00. The number of nitrogens with zero attached hydrogens (tertiary/aromatic N) is 5. The van der Waals surface area contributed by atoms with Gasteiger partial charge < -0.3 is 0 Å². The van der Waals surface area contributed by atoms with E-state index in [9.17, 15) is 10.1 Å². The number of nitro benzene ring substituents is 1. The quantitative estimate of drug-likeness (QED) is 0.408. The Hall–Kier alpha value is -3.75. The lowest BCUT2D eigenvalue weighted by molar-refractivity contribution is -0.384. The smallest absolute Gasteiger partial charge is 0.261 e. The molecule has 9 nitrogen and oxygen atoms in total. The molecule has 120 valence electrons. The maximum atomic E-state index is 11.3. The van der Waals surface area contributed by atoms with Crippen molar-refractivity contribution in [1.82, 2.24) is 15.7 Å². The van der Waals surface area contributed by atoms with E-state index in [1.807, 2.05) is 18.2 Å². The lowest BCUT2D eigenvalue weighted by atomic mass is 10.2. The molecule has 0 radical (unpaired) electrons. The number of nitro groups is 1. The zero-order chi connectivity index (χ0) is 16.8. The highest BCUT2D eigenvalue weighted by molar-refractivity contribution is 5.69. The van der Waals surface area contributed by atoms with Crippen LogP contribution in [0.3, 0.4) is 0 Å². The zero-order valence-corrected chi connectivity index (χ0v) is 12.4. The number of hydrogen-bond acceptors (Lipinski definition) is 6. The molecule has 9 heteroatoms. The van der Waals surface area contributed by atoms with E-state index in [-0.39, 0.29) is 5.69 Å². The summed E-state index contributed by atoms with van der Waals surface area (Å²) in [5.74, 6) is 0.483. The Balaban J connectivity index is 1.91. The predicted molar refractivity (Wildman–Crippen MR) is 87.9 cm³/mol. The summed E-state index contributed by atoms with van der Waals surface area (Å²) in [5.41, 5.74) is 3.58. The summed E-state index contributed by atoms with van der Waals surface area (Å²) in [6.45, 7) is 0. The Morgan fingerprint density at radius 3 is 2.54 bits per heavy atom. The molecule has 0 aliphatic carbocycles. The summed E-state index contributed by atoms with van der Waals surface area (Å²) in [4.78, 5) is 10.8. The van der Waals surface area contributed by atoms with Gasteiger partial charge in [0.2, 0.25) is 0 Å². The van der Waals surface area contributed by atoms with E-state index in [1.54, 1.807) is 36.4 Å². The van der Waals surface area contributed by atoms with Crippen molar-refractivity contribution in [2.75, 3.05) is 5.01 Å². The molecular formula is C15H13N7O2. The first kappa shape index (κ1) is 15.2. The van der Waals surface area contributed by atoms with Gasteiger partial charge in [-0.1, -0.05) is 35.6 Å². The fraction of sp³-hybridized carbons (Fsp3) is 0. The minimum Gasteiger partial charge on any atom is -0.261 e. The predicted octanol–water partition coefficient (Wildman–Crippen LogP) is 3.66. The number of aromatic amines is 1. The Labute approximate surface area is 136 Å². The van der Waals surface area contributed by atoms with E-state index in [4.69, 9.17) is 0 Å². The number of hydrogen-bond donors (Lipinski definition) is 2. The van der Waals surface area contributed by atoms with E-state index >= 15 is 0 Å². The number of aromatic nitrogens is 2. The number of benzene rings is 2. The van der Waals surface area contributed by atoms with Crippen molar-refractivity contribution in [2.45, 2.75) is 0 Å². The SMILES string of the molecule is O=[N+]([O-])c1ccccc1N(NN=Nc1ccccc1)c1ccn[nH]1. The second-order valence-electron chi connectivity index (χ2n) is 4.66. The summed E-state index contributed by atoms with van der Waals surface area (Å²) in [6.07, 6.45) is 1.53. The Bertz CT molecular complexity index is 834. The molecule has 24 heavy (non-hydrogen) atoms. The molecule has 1 aromatic heterocycles. The molecule has 0 spiro atoms. The van der Waals surface area contributed by atoms with Crippen LogP contribution in [0.2, 0.25) is 0 Å². The number of nitrogens with one attached hydrogen (secondary N) is 2. The number of anilines is 2. The maximum Gasteiger partial charge on any atom is 0.294 e. The number of hydrazine groups is 1. The van der Waals surface area contributed by atoms with E-state index in [1.165, 1.54) is 17.3 Å². The minimum atomic E-state index is -0.464. The zero-order valence-electron chi connectivity index (χ0n) is 12.4. The molecule has 2 N–H and O–H groups in total. The van der Waals surface area contributed by atoms with E-state index in [0.717, 1.165) is 0 Å². The summed E-state index contributed by atoms with van der Waals surface area (Å²) in [5, 5.41) is 27.2. The molecule has 0 fully saturated rings. The van der Waals surface area contributed by atoms with Crippen LogP contribution in [0.5, 0.6) is 0 Å². The van der Waals surface area contributed by atoms with Crippen LogP contribution >= 0.6 is 0 Å². The number of para-hydroxylation sites is 2. The van der Waals surface area contributed by atoms with Crippen LogP contribution < -0.4 is 10.5 Å². The summed E-state index contributed by atoms with van der Waals surface area (Å²) >= 11 is 0. The van der Waals surface area contributed by atoms with Gasteiger partial charge in [-0.15, -0.1) is 5.11 Å². The van der Waals surface area contributed by atoms with Gasteiger partial charge in [0.1, 0.15) is 11.5 Å². The second kappa shape index (κ2) is 7.01. The van der Waals surface area contributed by atoms with Gasteiger partial charge in [-0.25, -0.2) is 5.01 Å². The van der Waals surface area contributed by atoms with Crippen molar-refractivity contribution in [2.24, 2.45) is 10.3 Å². The van der Waals surface area contributed by atoms with Gasteiger partial charge in [0.25, 0.3) is 5.69 Å². The molecule has 0 aliphatic heterocycles. The van der Waals surface area contributed by atoms with E-state index in [0.29, 0.717) is 17.2 Å². The molecule has 0 saturated heterocycles. The number of H-pyrrole nitrogens is 1. The van der Waals surface area contributed by atoms with Crippen molar-refractivity contribution in [1.29, 1.82) is 0 Å². The molecule has 0 unspecified atom stereocenters. The lowest BCUT2D eigenvalue weighted by Gasteiger charge is -2.20. The van der Waals surface area contributed by atoms with Gasteiger partial charge in [0.05, 0.1) is 16.8 Å². The average Bonchev–Trinajstić information content (AvgIpc) is 3.14. The lowest BCUT2D eigenvalue weighted by Crippen LogP contribution is -2.30. The van der Waals surface area contributed by atoms with Gasteiger partial charge in [-0.05, 0) is 18.2 Å². The molecule has 3 rings (SSSR count). The third-order valence-corrected chi connectivity index (χ3v) is 3.11. The standard InChI is InChI=1S/C15H13N7O2/c23-22(24)14-9-5-4-8-13(14)21(15-10-11-16-18-15)20-19-17-12-6-2-1-3-7-12/h1-11H,(H,16,18)(H,17,20). The second-order valence-corrected chi connectivity index (χ2v) is 4.66. The van der Waals surface area contributed by atoms with Crippen LogP contribution in [0.15, 0.2) is 77.2 Å². The van der Waals surface area contributed by atoms with Crippen molar-refractivity contribution in [3.63, 3.8) is 0 Å². The highest BCUT2D eigenvalue weighted by Gasteiger charge is 2.21. The molecule has 0 atom stereocenters. The molecule has 0 amide bonds. The van der Waals surface area contributed by atoms with Gasteiger partial charge in [-0.3, -0.25) is 15.2 Å². The molecule has 0 bridgehead atoms. The first-order valence-corrected chi connectivity index (χ1v) is 7.00. The first-order chi connectivity index (χ1) is 11.8. The highest BCUT2D eigenvalue weighted by Crippen LogP contribution is 2.30. The monoisotopic (exact) mass is 323 g/mol. The van der Waals surface area contributed by atoms with Crippen LogP contribution in [0, 0.1) is 10.1 Å². The topological polar surface area (TPSA) is 112 Å². The van der Waals surface area contributed by atoms with Crippen molar-refractivity contribution in [3.8, 4) is 0 Å². The van der Waals surface area contributed by atoms with Crippen molar-refractivity contribution in [3.05, 3.63) is 77.0 Å². The highest BCUT2D eigenvalue weighted by atomic mass is 16.6. The third-order valence-electron chi connectivity index (χ3n) is 3.11. The third kappa shape index (κ3) is 3.35. The molecule has 0 aliphatic rings. The molecule has 2 aromatic carbocycles. The molecular weight excluding hydrogens is 310 g/mol. The van der Waals surface area contributed by atoms with Crippen LogP contribution in [0.1, 0.15) is 0 Å². The maximum absolute atomic E-state index is 11.3. The molecule has 1 heterocycles.